The smallest absolute Gasteiger partial charge is 0.222 e. The van der Waals surface area contributed by atoms with Crippen LogP contribution in [-0.4, -0.2) is 43.4 Å². The van der Waals surface area contributed by atoms with Crippen LogP contribution in [0.5, 0.6) is 0 Å². The van der Waals surface area contributed by atoms with Gasteiger partial charge >= 0.3 is 0 Å². The number of likely N-dealkylation sites (tertiary alicyclic amines) is 1. The number of rotatable bonds is 2. The molecule has 0 N–H and O–H groups in total. The molecular weight excluding hydrogens is 280 g/mol. The monoisotopic (exact) mass is 306 g/mol. The van der Waals surface area contributed by atoms with E-state index >= 15 is 0 Å². The van der Waals surface area contributed by atoms with Crippen LogP contribution in [-0.2, 0) is 10.3 Å². The number of hydrogen-bond donors (Lipinski definition) is 0. The van der Waals surface area contributed by atoms with Crippen LogP contribution >= 0.6 is 11.3 Å². The summed E-state index contributed by atoms with van der Waals surface area (Å²) < 4.78 is 0. The SMILES string of the molecule is Cc1ccc(C2(N(C)C)CCC3(CC2)CC(=O)N(C)C3)s1. The lowest BCUT2D eigenvalue weighted by Crippen LogP contribution is -2.46. The van der Waals surface area contributed by atoms with Crippen molar-refractivity contribution in [3.05, 3.63) is 21.9 Å². The summed E-state index contributed by atoms with van der Waals surface area (Å²) in [5.74, 6) is 0.333. The number of carbonyl (C=O) groups is 1. The normalized spacial score (nSPS) is 33.4. The fourth-order valence-electron chi connectivity index (χ4n) is 4.23. The summed E-state index contributed by atoms with van der Waals surface area (Å²) in [6.45, 7) is 3.14. The topological polar surface area (TPSA) is 23.6 Å². The number of carbonyl (C=O) groups excluding carboxylic acids is 1. The lowest BCUT2D eigenvalue weighted by atomic mass is 9.66. The molecule has 4 heteroatoms. The number of aryl methyl sites for hydroxylation is 1. The highest BCUT2D eigenvalue weighted by Crippen LogP contribution is 2.52. The van der Waals surface area contributed by atoms with Gasteiger partial charge in [-0.05, 0) is 64.3 Å². The van der Waals surface area contributed by atoms with Crippen molar-refractivity contribution >= 4 is 17.2 Å². The van der Waals surface area contributed by atoms with Crippen LogP contribution in [0.3, 0.4) is 0 Å². The molecule has 1 amide bonds. The van der Waals surface area contributed by atoms with E-state index in [0.29, 0.717) is 5.91 Å². The van der Waals surface area contributed by atoms with Crippen LogP contribution in [0.15, 0.2) is 12.1 Å². The van der Waals surface area contributed by atoms with Crippen LogP contribution < -0.4 is 0 Å². The van der Waals surface area contributed by atoms with Crippen LogP contribution in [0.25, 0.3) is 0 Å². The molecule has 2 heterocycles. The Hall–Kier alpha value is -0.870. The molecule has 1 spiro atoms. The minimum atomic E-state index is 0.175. The van der Waals surface area contributed by atoms with E-state index in [1.165, 1.54) is 22.6 Å². The molecule has 0 unspecified atom stereocenters. The second-order valence-corrected chi connectivity index (χ2v) is 8.55. The number of nitrogens with zero attached hydrogens (tertiary/aromatic N) is 2. The van der Waals surface area contributed by atoms with Gasteiger partial charge in [-0.2, -0.15) is 0 Å². The molecule has 2 aliphatic rings. The van der Waals surface area contributed by atoms with Gasteiger partial charge in [0.2, 0.25) is 5.91 Å². The van der Waals surface area contributed by atoms with Crippen LogP contribution in [0.1, 0.15) is 41.9 Å². The summed E-state index contributed by atoms with van der Waals surface area (Å²) >= 11 is 1.93. The molecule has 1 aliphatic heterocycles. The number of thiophene rings is 1. The third-order valence-electron chi connectivity index (χ3n) is 5.72. The average molecular weight is 306 g/mol. The molecule has 3 rings (SSSR count). The first-order chi connectivity index (χ1) is 9.87. The van der Waals surface area contributed by atoms with Gasteiger partial charge in [-0.3, -0.25) is 9.69 Å². The molecule has 2 fully saturated rings. The van der Waals surface area contributed by atoms with E-state index in [1.54, 1.807) is 0 Å². The van der Waals surface area contributed by atoms with Crippen molar-refractivity contribution < 1.29 is 4.79 Å². The Balaban J connectivity index is 1.83. The van der Waals surface area contributed by atoms with Gasteiger partial charge in [0.1, 0.15) is 0 Å². The third kappa shape index (κ3) is 2.42. The maximum absolute atomic E-state index is 11.9. The van der Waals surface area contributed by atoms with Gasteiger partial charge in [0.05, 0.1) is 5.54 Å². The Kier molecular flexibility index (Phi) is 3.65. The standard InChI is InChI=1S/C17H26N2OS/c1-13-5-6-14(21-13)17(18(2)3)9-7-16(8-10-17)11-15(20)19(4)12-16/h5-6H,7-12H2,1-4H3. The molecule has 1 saturated carbocycles. The molecule has 0 aromatic carbocycles. The molecule has 1 aliphatic carbocycles. The molecule has 0 atom stereocenters. The molecular formula is C17H26N2OS. The fraction of sp³-hybridized carbons (Fsp3) is 0.706. The summed E-state index contributed by atoms with van der Waals surface area (Å²) in [6.07, 6.45) is 5.43. The van der Waals surface area contributed by atoms with Gasteiger partial charge < -0.3 is 4.90 Å². The van der Waals surface area contributed by atoms with Gasteiger partial charge in [0.15, 0.2) is 0 Å². The van der Waals surface area contributed by atoms with E-state index in [9.17, 15) is 4.79 Å². The Bertz CT molecular complexity index is 541. The fourth-order valence-corrected chi connectivity index (χ4v) is 5.43. The quantitative estimate of drug-likeness (QED) is 0.837. The Labute approximate surface area is 131 Å². The van der Waals surface area contributed by atoms with Gasteiger partial charge in [0.25, 0.3) is 0 Å². The van der Waals surface area contributed by atoms with E-state index in [0.717, 1.165) is 25.8 Å². The summed E-state index contributed by atoms with van der Waals surface area (Å²) in [5, 5.41) is 0. The largest absolute Gasteiger partial charge is 0.345 e. The number of amides is 1. The molecule has 21 heavy (non-hydrogen) atoms. The first-order valence-corrected chi connectivity index (χ1v) is 8.67. The Morgan fingerprint density at radius 3 is 2.29 bits per heavy atom. The summed E-state index contributed by atoms with van der Waals surface area (Å²) in [5.41, 5.74) is 0.423. The second-order valence-electron chi connectivity index (χ2n) is 7.26. The highest BCUT2D eigenvalue weighted by molar-refractivity contribution is 7.12. The number of hydrogen-bond acceptors (Lipinski definition) is 3. The molecule has 1 aromatic rings. The van der Waals surface area contributed by atoms with Crippen molar-refractivity contribution in [1.29, 1.82) is 0 Å². The Morgan fingerprint density at radius 1 is 1.19 bits per heavy atom. The lowest BCUT2D eigenvalue weighted by molar-refractivity contribution is -0.126. The van der Waals surface area contributed by atoms with Crippen LogP contribution in [0.4, 0.5) is 0 Å². The molecule has 1 aromatic heterocycles. The van der Waals surface area contributed by atoms with E-state index in [2.05, 4.69) is 38.1 Å². The summed E-state index contributed by atoms with van der Waals surface area (Å²) in [6, 6.07) is 4.55. The first-order valence-electron chi connectivity index (χ1n) is 7.85. The van der Waals surface area contributed by atoms with Gasteiger partial charge in [-0.25, -0.2) is 0 Å². The van der Waals surface area contributed by atoms with Crippen molar-refractivity contribution in [3.63, 3.8) is 0 Å². The van der Waals surface area contributed by atoms with Crippen molar-refractivity contribution in [2.75, 3.05) is 27.7 Å². The van der Waals surface area contributed by atoms with Crippen molar-refractivity contribution in [2.24, 2.45) is 5.41 Å². The highest BCUT2D eigenvalue weighted by Gasteiger charge is 2.49. The molecule has 1 saturated heterocycles. The van der Waals surface area contributed by atoms with Crippen LogP contribution in [0, 0.1) is 12.3 Å². The maximum Gasteiger partial charge on any atom is 0.222 e. The molecule has 116 valence electrons. The average Bonchev–Trinajstić information content (AvgIpc) is 2.96. The van der Waals surface area contributed by atoms with Gasteiger partial charge in [0, 0.05) is 29.8 Å². The summed E-state index contributed by atoms with van der Waals surface area (Å²) in [7, 11) is 6.37. The molecule has 3 nitrogen and oxygen atoms in total. The minimum Gasteiger partial charge on any atom is -0.345 e. The minimum absolute atomic E-state index is 0.175. The zero-order chi connectivity index (χ0) is 15.3. The summed E-state index contributed by atoms with van der Waals surface area (Å²) in [4.78, 5) is 19.2. The van der Waals surface area contributed by atoms with Crippen LogP contribution in [0.2, 0.25) is 0 Å². The van der Waals surface area contributed by atoms with Gasteiger partial charge in [-0.1, -0.05) is 0 Å². The Morgan fingerprint density at radius 2 is 1.86 bits per heavy atom. The van der Waals surface area contributed by atoms with Crippen molar-refractivity contribution in [3.8, 4) is 0 Å². The predicted octanol–water partition coefficient (Wildman–Crippen LogP) is 3.24. The zero-order valence-corrected chi connectivity index (χ0v) is 14.4. The van der Waals surface area contributed by atoms with E-state index in [1.807, 2.05) is 23.3 Å². The lowest BCUT2D eigenvalue weighted by Gasteiger charge is -2.48. The second kappa shape index (κ2) is 5.10. The maximum atomic E-state index is 11.9. The zero-order valence-electron chi connectivity index (χ0n) is 13.6. The van der Waals surface area contributed by atoms with Crippen molar-refractivity contribution in [2.45, 2.75) is 44.6 Å². The molecule has 0 radical (unpaired) electrons. The van der Waals surface area contributed by atoms with E-state index < -0.39 is 0 Å². The molecule has 0 bridgehead atoms. The van der Waals surface area contributed by atoms with E-state index in [4.69, 9.17) is 0 Å². The van der Waals surface area contributed by atoms with E-state index in [-0.39, 0.29) is 11.0 Å². The third-order valence-corrected chi connectivity index (χ3v) is 6.91. The van der Waals surface area contributed by atoms with Crippen molar-refractivity contribution in [1.82, 2.24) is 9.80 Å². The first kappa shape index (κ1) is 15.0. The highest BCUT2D eigenvalue weighted by atomic mass is 32.1. The predicted molar refractivity (Wildman–Crippen MR) is 87.6 cm³/mol. The van der Waals surface area contributed by atoms with Gasteiger partial charge in [-0.15, -0.1) is 11.3 Å².